The van der Waals surface area contributed by atoms with Gasteiger partial charge < -0.3 is 61.1 Å². The van der Waals surface area contributed by atoms with E-state index >= 15 is 0 Å². The standard InChI is InChI=1S/2C10H6O8.2C2H7N/c2*11-7(12)3-1-4(8(13)14)6(10(17)18)2-5(3)9(15)16;2*1-3-2/h2*1-2H,(H,11,12)(H,13,14)(H,15,16)(H,17,18);2*3H,1-2H3. The van der Waals surface area contributed by atoms with E-state index < -0.39 is 92.3 Å². The second-order valence-electron chi connectivity index (χ2n) is 7.45. The van der Waals surface area contributed by atoms with Gasteiger partial charge >= 0.3 is 35.8 Å². The predicted octanol–water partition coefficient (Wildman–Crippen LogP) is -4.09. The third-order valence-corrected chi connectivity index (χ3v) is 4.14. The average Bonchev–Trinajstić information content (AvgIpc) is 2.87. The summed E-state index contributed by atoms with van der Waals surface area (Å²) in [6.45, 7) is 0. The Morgan fingerprint density at radius 2 is 0.524 bits per heavy atom. The summed E-state index contributed by atoms with van der Waals surface area (Å²) in [6.07, 6.45) is 0. The molecule has 0 bridgehead atoms. The topological polar surface area (TPSA) is 337 Å². The smallest absolute Gasteiger partial charge is 0.336 e. The van der Waals surface area contributed by atoms with Gasteiger partial charge in [-0.1, -0.05) is 0 Å². The van der Waals surface area contributed by atoms with Crippen LogP contribution in [0.3, 0.4) is 0 Å². The molecule has 0 unspecified atom stereocenters. The van der Waals surface area contributed by atoms with Crippen molar-refractivity contribution >= 4 is 47.8 Å². The first-order valence-electron chi connectivity index (χ1n) is 11.0. The zero-order valence-electron chi connectivity index (χ0n) is 22.2. The molecule has 0 amide bonds. The number of carboxylic acid groups (broad SMARTS) is 8. The van der Waals surface area contributed by atoms with Crippen LogP contribution in [-0.2, 0) is 0 Å². The van der Waals surface area contributed by atoms with Crippen molar-refractivity contribution in [2.45, 2.75) is 0 Å². The Kier molecular flexibility index (Phi) is 16.1. The van der Waals surface area contributed by atoms with Crippen LogP contribution in [0.2, 0.25) is 0 Å². The van der Waals surface area contributed by atoms with Crippen LogP contribution in [0.25, 0.3) is 0 Å². The van der Waals surface area contributed by atoms with E-state index in [1.54, 1.807) is 0 Å². The molecule has 10 N–H and O–H groups in total. The normalized spacial score (nSPS) is 9.24. The number of rotatable bonds is 8. The van der Waals surface area contributed by atoms with Crippen molar-refractivity contribution in [1.82, 2.24) is 0 Å². The number of nitrogens with two attached hydrogens (primary N) is 2. The maximum atomic E-state index is 10.8. The van der Waals surface area contributed by atoms with Crippen molar-refractivity contribution in [2.24, 2.45) is 0 Å². The molecule has 0 heterocycles. The molecule has 0 aromatic heterocycles. The Morgan fingerprint density at radius 1 is 0.405 bits per heavy atom. The molecule has 228 valence electrons. The number of carboxylic acids is 8. The highest BCUT2D eigenvalue weighted by Crippen LogP contribution is 2.19. The molecule has 2 rings (SSSR count). The first-order valence-corrected chi connectivity index (χ1v) is 11.0. The van der Waals surface area contributed by atoms with Gasteiger partial charge in [0, 0.05) is 11.1 Å². The number of carbonyl (C=O) groups is 8. The van der Waals surface area contributed by atoms with Gasteiger partial charge in [0.2, 0.25) is 0 Å². The minimum absolute atomic E-state index is 0.449. The Morgan fingerprint density at radius 3 is 0.643 bits per heavy atom. The van der Waals surface area contributed by atoms with Gasteiger partial charge in [0.05, 0.1) is 73.5 Å². The van der Waals surface area contributed by atoms with Crippen molar-refractivity contribution in [3.8, 4) is 0 Å². The molecule has 2 aromatic carbocycles. The lowest BCUT2D eigenvalue weighted by atomic mass is 9.98. The van der Waals surface area contributed by atoms with Gasteiger partial charge in [0.1, 0.15) is 0 Å². The molecule has 0 atom stereocenters. The largest absolute Gasteiger partial charge is 0.545 e. The van der Waals surface area contributed by atoms with Crippen LogP contribution in [0, 0.1) is 0 Å². The van der Waals surface area contributed by atoms with E-state index in [4.69, 9.17) is 30.6 Å². The lowest BCUT2D eigenvalue weighted by Gasteiger charge is -2.10. The Bertz CT molecular complexity index is 1100. The Labute approximate surface area is 235 Å². The van der Waals surface area contributed by atoms with E-state index in [1.165, 1.54) is 0 Å². The molecule has 0 radical (unpaired) electrons. The predicted molar refractivity (Wildman–Crippen MR) is 131 cm³/mol. The second kappa shape index (κ2) is 17.7. The number of quaternary nitrogens is 2. The van der Waals surface area contributed by atoms with E-state index in [2.05, 4.69) is 0 Å². The van der Waals surface area contributed by atoms with E-state index in [0.29, 0.717) is 24.3 Å². The summed E-state index contributed by atoms with van der Waals surface area (Å²) < 4.78 is 0. The van der Waals surface area contributed by atoms with Crippen molar-refractivity contribution in [3.63, 3.8) is 0 Å². The summed E-state index contributed by atoms with van der Waals surface area (Å²) in [5.41, 5.74) is -6.78. The lowest BCUT2D eigenvalue weighted by Crippen LogP contribution is -2.74. The van der Waals surface area contributed by atoms with Gasteiger partial charge in [-0.25, -0.2) is 28.8 Å². The fraction of sp³-hybridized carbons (Fsp3) is 0.167. The lowest BCUT2D eigenvalue weighted by molar-refractivity contribution is -0.597. The molecule has 0 aliphatic rings. The van der Waals surface area contributed by atoms with Crippen molar-refractivity contribution in [2.75, 3.05) is 28.2 Å². The highest BCUT2D eigenvalue weighted by atomic mass is 16.4. The molecular formula is C24H26N2O16. The molecule has 0 fully saturated rings. The fourth-order valence-corrected chi connectivity index (χ4v) is 2.60. The maximum Gasteiger partial charge on any atom is 0.336 e. The van der Waals surface area contributed by atoms with Crippen molar-refractivity contribution < 1.29 is 89.8 Å². The van der Waals surface area contributed by atoms with Crippen molar-refractivity contribution in [1.29, 1.82) is 0 Å². The Balaban J connectivity index is 0. The number of carbonyl (C=O) groups excluding carboxylic acids is 2. The average molecular weight is 598 g/mol. The monoisotopic (exact) mass is 598 g/mol. The van der Waals surface area contributed by atoms with E-state index in [9.17, 15) is 48.6 Å². The minimum Gasteiger partial charge on any atom is -0.545 e. The quantitative estimate of drug-likeness (QED) is 0.143. The van der Waals surface area contributed by atoms with Crippen LogP contribution in [0.15, 0.2) is 24.3 Å². The molecule has 18 heteroatoms. The SMILES string of the molecule is C[NH2+]C.C[NH2+]C.O=C([O-])c1cc(C(=O)O)c(C(=O)O)cc1C(=O)O.O=C([O-])c1cc(C(=O)O)c(C(=O)O)cc1C(=O)O. The van der Waals surface area contributed by atoms with E-state index in [-0.39, 0.29) is 0 Å². The van der Waals surface area contributed by atoms with Crippen molar-refractivity contribution in [3.05, 3.63) is 68.8 Å². The van der Waals surface area contributed by atoms with Gasteiger partial charge in [-0.2, -0.15) is 0 Å². The molecule has 2 aromatic rings. The van der Waals surface area contributed by atoms with Gasteiger partial charge in [0.15, 0.2) is 0 Å². The summed E-state index contributed by atoms with van der Waals surface area (Å²) in [5, 5.41) is 77.7. The van der Waals surface area contributed by atoms with Crippen LogP contribution in [0.4, 0.5) is 0 Å². The Hall–Kier alpha value is -5.88. The number of hydrogen-bond donors (Lipinski definition) is 8. The second-order valence-corrected chi connectivity index (χ2v) is 7.45. The zero-order valence-corrected chi connectivity index (χ0v) is 22.2. The molecule has 0 aliphatic carbocycles. The molecule has 0 aliphatic heterocycles. The molecule has 0 spiro atoms. The van der Waals surface area contributed by atoms with E-state index in [0.717, 1.165) is 0 Å². The summed E-state index contributed by atoms with van der Waals surface area (Å²) >= 11 is 0. The minimum atomic E-state index is -1.91. The summed E-state index contributed by atoms with van der Waals surface area (Å²) in [7, 11) is 8.00. The highest BCUT2D eigenvalue weighted by molar-refractivity contribution is 6.09. The van der Waals surface area contributed by atoms with Crippen LogP contribution < -0.4 is 20.8 Å². The summed E-state index contributed by atoms with van der Waals surface area (Å²) in [5.74, 6) is -14.0. The molecule has 0 saturated carbocycles. The molecular weight excluding hydrogens is 572 g/mol. The molecule has 18 nitrogen and oxygen atoms in total. The first kappa shape index (κ1) is 38.3. The van der Waals surface area contributed by atoms with Crippen LogP contribution in [-0.4, -0.2) is 107 Å². The summed E-state index contributed by atoms with van der Waals surface area (Å²) in [4.78, 5) is 85.9. The van der Waals surface area contributed by atoms with Crippen LogP contribution in [0.1, 0.15) is 82.9 Å². The van der Waals surface area contributed by atoms with Crippen LogP contribution >= 0.6 is 0 Å². The summed E-state index contributed by atoms with van der Waals surface area (Å²) in [6, 6.07) is 1.84. The third kappa shape index (κ3) is 11.1. The molecule has 42 heavy (non-hydrogen) atoms. The fourth-order valence-electron chi connectivity index (χ4n) is 2.60. The van der Waals surface area contributed by atoms with Gasteiger partial charge in [0.25, 0.3) is 0 Å². The zero-order chi connectivity index (χ0) is 33.5. The highest BCUT2D eigenvalue weighted by Gasteiger charge is 2.23. The van der Waals surface area contributed by atoms with Gasteiger partial charge in [-0.05, 0) is 24.3 Å². The van der Waals surface area contributed by atoms with Crippen LogP contribution in [0.5, 0.6) is 0 Å². The first-order chi connectivity index (χ1) is 19.3. The number of aromatic carboxylic acids is 8. The van der Waals surface area contributed by atoms with E-state index in [1.807, 2.05) is 38.8 Å². The third-order valence-electron chi connectivity index (χ3n) is 4.14. The molecule has 0 saturated heterocycles. The van der Waals surface area contributed by atoms with Gasteiger partial charge in [-0.15, -0.1) is 0 Å². The number of benzene rings is 2. The maximum absolute atomic E-state index is 10.8. The number of hydrogen-bond acceptors (Lipinski definition) is 10. The van der Waals surface area contributed by atoms with Gasteiger partial charge in [-0.3, -0.25) is 0 Å².